The summed E-state index contributed by atoms with van der Waals surface area (Å²) in [5.74, 6) is -0.0698. The average molecular weight is 494 g/mol. The van der Waals surface area contributed by atoms with Crippen LogP contribution in [-0.4, -0.2) is 53.0 Å². The lowest BCUT2D eigenvalue weighted by molar-refractivity contribution is -0.126. The molecule has 0 bridgehead atoms. The number of amides is 3. The molecule has 0 atom stereocenters. The molecule has 3 amide bonds. The van der Waals surface area contributed by atoms with Crippen LogP contribution in [0.3, 0.4) is 0 Å². The number of carbonyl (C=O) groups excluding carboxylic acids is 3. The van der Waals surface area contributed by atoms with Gasteiger partial charge in [0.25, 0.3) is 11.8 Å². The number of rotatable bonds is 7. The molecule has 0 aliphatic carbocycles. The van der Waals surface area contributed by atoms with Gasteiger partial charge in [-0.3, -0.25) is 14.4 Å². The first-order valence-electron chi connectivity index (χ1n) is 11.3. The predicted molar refractivity (Wildman–Crippen MR) is 133 cm³/mol. The first-order chi connectivity index (χ1) is 16.9. The molecule has 35 heavy (non-hydrogen) atoms. The van der Waals surface area contributed by atoms with Crippen molar-refractivity contribution in [3.63, 3.8) is 0 Å². The summed E-state index contributed by atoms with van der Waals surface area (Å²) in [6, 6.07) is 14.9. The molecule has 0 spiro atoms. The Bertz CT molecular complexity index is 1190. The molecular weight excluding hydrogens is 466 g/mol. The van der Waals surface area contributed by atoms with Crippen molar-refractivity contribution >= 4 is 34.7 Å². The molecule has 9 nitrogen and oxygen atoms in total. The van der Waals surface area contributed by atoms with Crippen LogP contribution in [0, 0.1) is 12.8 Å². The van der Waals surface area contributed by atoms with Crippen LogP contribution in [0.2, 0.25) is 0 Å². The Morgan fingerprint density at radius 3 is 2.31 bits per heavy atom. The highest BCUT2D eigenvalue weighted by Crippen LogP contribution is 2.22. The van der Waals surface area contributed by atoms with E-state index >= 15 is 0 Å². The van der Waals surface area contributed by atoms with E-state index in [9.17, 15) is 14.4 Å². The van der Waals surface area contributed by atoms with Gasteiger partial charge in [0, 0.05) is 31.2 Å². The number of benzene rings is 2. The number of ether oxygens (including phenoxy) is 1. The molecule has 2 heterocycles. The van der Waals surface area contributed by atoms with Crippen molar-refractivity contribution in [3.8, 4) is 5.75 Å². The summed E-state index contributed by atoms with van der Waals surface area (Å²) in [6.45, 7) is 3.31. The second-order valence-electron chi connectivity index (χ2n) is 8.36. The monoisotopic (exact) mass is 493 g/mol. The van der Waals surface area contributed by atoms with Crippen molar-refractivity contribution in [3.05, 3.63) is 69.7 Å². The number of methoxy groups -OCH3 is 1. The van der Waals surface area contributed by atoms with Crippen molar-refractivity contribution in [2.45, 2.75) is 26.3 Å². The molecular formula is C25H27N5O4S. The van der Waals surface area contributed by atoms with Crippen molar-refractivity contribution in [2.75, 3.05) is 25.5 Å². The fourth-order valence-electron chi connectivity index (χ4n) is 3.78. The SMILES string of the molecule is COc1ccc(CNC(=O)C2CCN(C(=O)c3nnc(C(=O)Nc4ccc(C)cc4)s3)CC2)cc1. The zero-order valence-corrected chi connectivity index (χ0v) is 20.4. The number of nitrogens with one attached hydrogen (secondary N) is 2. The average Bonchev–Trinajstić information content (AvgIpc) is 3.39. The minimum atomic E-state index is -0.405. The molecule has 2 aromatic carbocycles. The fraction of sp³-hybridized carbons (Fsp3) is 0.320. The molecule has 3 aromatic rings. The van der Waals surface area contributed by atoms with Gasteiger partial charge < -0.3 is 20.3 Å². The summed E-state index contributed by atoms with van der Waals surface area (Å²) in [5, 5.41) is 13.8. The number of nitrogens with zero attached hydrogens (tertiary/aromatic N) is 3. The van der Waals surface area contributed by atoms with Gasteiger partial charge in [0.1, 0.15) is 5.75 Å². The maximum absolute atomic E-state index is 12.9. The van der Waals surface area contributed by atoms with Gasteiger partial charge in [0.15, 0.2) is 0 Å². The summed E-state index contributed by atoms with van der Waals surface area (Å²) in [5.41, 5.74) is 2.73. The van der Waals surface area contributed by atoms with Crippen LogP contribution in [-0.2, 0) is 11.3 Å². The molecule has 182 valence electrons. The Morgan fingerprint density at radius 1 is 1.00 bits per heavy atom. The van der Waals surface area contributed by atoms with Crippen molar-refractivity contribution in [1.82, 2.24) is 20.4 Å². The third-order valence-corrected chi connectivity index (χ3v) is 6.80. The van der Waals surface area contributed by atoms with Gasteiger partial charge in [-0.05, 0) is 49.6 Å². The van der Waals surface area contributed by atoms with Gasteiger partial charge in [-0.25, -0.2) is 0 Å². The van der Waals surface area contributed by atoms with Crippen LogP contribution < -0.4 is 15.4 Å². The number of hydrogen-bond donors (Lipinski definition) is 2. The maximum atomic E-state index is 12.9. The quantitative estimate of drug-likeness (QED) is 0.522. The Kier molecular flexibility index (Phi) is 7.71. The number of aryl methyl sites for hydroxylation is 1. The standard InChI is InChI=1S/C25H27N5O4S/c1-16-3-7-19(8-4-16)27-22(32)23-28-29-24(35-23)25(33)30-13-11-18(12-14-30)21(31)26-15-17-5-9-20(34-2)10-6-17/h3-10,18H,11-15H2,1-2H3,(H,26,31)(H,27,32). The lowest BCUT2D eigenvalue weighted by atomic mass is 9.95. The molecule has 10 heteroatoms. The smallest absolute Gasteiger partial charge is 0.286 e. The van der Waals surface area contributed by atoms with Crippen molar-refractivity contribution in [1.29, 1.82) is 0 Å². The van der Waals surface area contributed by atoms with E-state index in [0.29, 0.717) is 38.2 Å². The second-order valence-corrected chi connectivity index (χ2v) is 9.34. The van der Waals surface area contributed by atoms with E-state index in [1.54, 1.807) is 24.1 Å². The van der Waals surface area contributed by atoms with Crippen LogP contribution in [0.15, 0.2) is 48.5 Å². The summed E-state index contributed by atoms with van der Waals surface area (Å²) < 4.78 is 5.14. The number of carbonyl (C=O) groups is 3. The number of likely N-dealkylation sites (tertiary alicyclic amines) is 1. The Hall–Kier alpha value is -3.79. The van der Waals surface area contributed by atoms with Crippen LogP contribution in [0.1, 0.15) is 43.6 Å². The number of aromatic nitrogens is 2. The molecule has 1 fully saturated rings. The third kappa shape index (κ3) is 6.21. The first kappa shape index (κ1) is 24.3. The largest absolute Gasteiger partial charge is 0.497 e. The molecule has 4 rings (SSSR count). The second kappa shape index (κ2) is 11.1. The molecule has 1 aliphatic rings. The number of hydrogen-bond acceptors (Lipinski definition) is 7. The summed E-state index contributed by atoms with van der Waals surface area (Å²) in [7, 11) is 1.61. The van der Waals surface area contributed by atoms with Gasteiger partial charge in [-0.1, -0.05) is 41.2 Å². The minimum absolute atomic E-state index is 0.0149. The van der Waals surface area contributed by atoms with E-state index in [2.05, 4.69) is 20.8 Å². The van der Waals surface area contributed by atoms with E-state index in [1.807, 2.05) is 43.3 Å². The van der Waals surface area contributed by atoms with Crippen LogP contribution in [0.25, 0.3) is 0 Å². The fourth-order valence-corrected chi connectivity index (χ4v) is 4.49. The highest BCUT2D eigenvalue weighted by Gasteiger charge is 2.29. The van der Waals surface area contributed by atoms with Crippen molar-refractivity contribution in [2.24, 2.45) is 5.92 Å². The Labute approximate surface area is 207 Å². The summed E-state index contributed by atoms with van der Waals surface area (Å²) in [4.78, 5) is 39.6. The number of anilines is 1. The Balaban J connectivity index is 1.25. The molecule has 1 aliphatic heterocycles. The number of piperidine rings is 1. The Morgan fingerprint density at radius 2 is 1.66 bits per heavy atom. The summed E-state index contributed by atoms with van der Waals surface area (Å²) >= 11 is 0.967. The predicted octanol–water partition coefficient (Wildman–Crippen LogP) is 3.28. The molecule has 2 N–H and O–H groups in total. The van der Waals surface area contributed by atoms with E-state index < -0.39 is 5.91 Å². The molecule has 0 radical (unpaired) electrons. The zero-order valence-electron chi connectivity index (χ0n) is 19.6. The van der Waals surface area contributed by atoms with Crippen LogP contribution >= 0.6 is 11.3 Å². The highest BCUT2D eigenvalue weighted by atomic mass is 32.1. The normalized spacial score (nSPS) is 13.8. The van der Waals surface area contributed by atoms with Gasteiger partial charge in [0.2, 0.25) is 15.9 Å². The molecule has 0 saturated carbocycles. The van der Waals surface area contributed by atoms with Crippen LogP contribution in [0.5, 0.6) is 5.75 Å². The van der Waals surface area contributed by atoms with E-state index in [0.717, 1.165) is 28.2 Å². The highest BCUT2D eigenvalue weighted by molar-refractivity contribution is 7.15. The van der Waals surface area contributed by atoms with Crippen LogP contribution in [0.4, 0.5) is 5.69 Å². The van der Waals surface area contributed by atoms with Gasteiger partial charge in [-0.2, -0.15) is 0 Å². The van der Waals surface area contributed by atoms with Crippen molar-refractivity contribution < 1.29 is 19.1 Å². The maximum Gasteiger partial charge on any atom is 0.286 e. The zero-order chi connectivity index (χ0) is 24.8. The lowest BCUT2D eigenvalue weighted by Gasteiger charge is -2.30. The lowest BCUT2D eigenvalue weighted by Crippen LogP contribution is -2.42. The van der Waals surface area contributed by atoms with E-state index in [4.69, 9.17) is 4.74 Å². The summed E-state index contributed by atoms with van der Waals surface area (Å²) in [6.07, 6.45) is 1.14. The van der Waals surface area contributed by atoms with Gasteiger partial charge >= 0.3 is 0 Å². The van der Waals surface area contributed by atoms with E-state index in [1.165, 1.54) is 0 Å². The molecule has 0 unspecified atom stereocenters. The topological polar surface area (TPSA) is 114 Å². The minimum Gasteiger partial charge on any atom is -0.497 e. The van der Waals surface area contributed by atoms with E-state index in [-0.39, 0.29) is 27.7 Å². The molecule has 1 aromatic heterocycles. The molecule has 1 saturated heterocycles. The third-order valence-electron chi connectivity index (χ3n) is 5.89. The van der Waals surface area contributed by atoms with Gasteiger partial charge in [0.05, 0.1) is 7.11 Å². The van der Waals surface area contributed by atoms with Gasteiger partial charge in [-0.15, -0.1) is 10.2 Å². The first-order valence-corrected chi connectivity index (χ1v) is 12.2.